The van der Waals surface area contributed by atoms with E-state index in [-0.39, 0.29) is 23.7 Å². The Morgan fingerprint density at radius 3 is 2.20 bits per heavy atom. The maximum Gasteiger partial charge on any atom is 0.233 e. The molecule has 0 spiro atoms. The highest BCUT2D eigenvalue weighted by Crippen LogP contribution is 2.43. The molecule has 0 radical (unpaired) electrons. The van der Waals surface area contributed by atoms with Crippen LogP contribution in [0.5, 0.6) is 0 Å². The number of hydrogen-bond donors (Lipinski definition) is 0. The van der Waals surface area contributed by atoms with Crippen LogP contribution in [0.15, 0.2) is 24.3 Å². The summed E-state index contributed by atoms with van der Waals surface area (Å²) in [5.74, 6) is 0.226. The van der Waals surface area contributed by atoms with Gasteiger partial charge in [0.05, 0.1) is 30.0 Å². The Hall–Kier alpha value is -2.15. The van der Waals surface area contributed by atoms with Gasteiger partial charge in [0.1, 0.15) is 0 Å². The molecule has 2 unspecified atom stereocenters. The van der Waals surface area contributed by atoms with E-state index < -0.39 is 0 Å². The van der Waals surface area contributed by atoms with Gasteiger partial charge in [-0.25, -0.2) is 0 Å². The van der Waals surface area contributed by atoms with Gasteiger partial charge in [-0.3, -0.25) is 14.5 Å². The van der Waals surface area contributed by atoms with Crippen LogP contribution in [0.25, 0.3) is 0 Å². The molecule has 4 nitrogen and oxygen atoms in total. The topological polar surface area (TPSA) is 61.2 Å². The number of rotatable bonds is 2. The van der Waals surface area contributed by atoms with E-state index in [1.165, 1.54) is 4.90 Å². The van der Waals surface area contributed by atoms with Crippen molar-refractivity contribution in [3.05, 3.63) is 35.4 Å². The second-order valence-electron chi connectivity index (χ2n) is 5.86. The molecule has 2 aliphatic rings. The van der Waals surface area contributed by atoms with E-state index in [4.69, 9.17) is 5.26 Å². The van der Waals surface area contributed by atoms with Crippen LogP contribution >= 0.6 is 0 Å². The van der Waals surface area contributed by atoms with Crippen LogP contribution in [0, 0.1) is 29.1 Å². The minimum atomic E-state index is -0.101. The summed E-state index contributed by atoms with van der Waals surface area (Å²) >= 11 is 0. The highest BCUT2D eigenvalue weighted by molar-refractivity contribution is 6.05. The lowest BCUT2D eigenvalue weighted by molar-refractivity contribution is -0.141. The Morgan fingerprint density at radius 2 is 1.70 bits per heavy atom. The van der Waals surface area contributed by atoms with Crippen LogP contribution in [-0.4, -0.2) is 16.7 Å². The number of fused-ring (bicyclic) bond motifs is 1. The predicted molar refractivity (Wildman–Crippen MR) is 72.1 cm³/mol. The molecule has 2 fully saturated rings. The first-order chi connectivity index (χ1) is 9.60. The highest BCUT2D eigenvalue weighted by Gasteiger charge is 2.51. The maximum atomic E-state index is 12.3. The Labute approximate surface area is 118 Å². The molecule has 0 N–H and O–H groups in total. The van der Waals surface area contributed by atoms with Crippen molar-refractivity contribution in [3.8, 4) is 6.07 Å². The van der Waals surface area contributed by atoms with Crippen molar-refractivity contribution in [2.45, 2.75) is 26.3 Å². The molecule has 20 heavy (non-hydrogen) atoms. The first-order valence-corrected chi connectivity index (χ1v) is 6.94. The van der Waals surface area contributed by atoms with Crippen molar-refractivity contribution in [1.29, 1.82) is 5.26 Å². The van der Waals surface area contributed by atoms with Gasteiger partial charge < -0.3 is 0 Å². The Kier molecular flexibility index (Phi) is 3.06. The van der Waals surface area contributed by atoms with Crippen molar-refractivity contribution in [2.24, 2.45) is 17.8 Å². The molecule has 1 saturated carbocycles. The number of likely N-dealkylation sites (tertiary alicyclic amines) is 1. The molecule has 1 saturated heterocycles. The van der Waals surface area contributed by atoms with E-state index in [1.54, 1.807) is 24.3 Å². The van der Waals surface area contributed by atoms with Crippen molar-refractivity contribution < 1.29 is 9.59 Å². The highest BCUT2D eigenvalue weighted by atomic mass is 16.2. The molecule has 1 aromatic carbocycles. The largest absolute Gasteiger partial charge is 0.278 e. The van der Waals surface area contributed by atoms with E-state index in [9.17, 15) is 9.59 Å². The Bertz CT molecular complexity index is 576. The molecule has 102 valence electrons. The summed E-state index contributed by atoms with van der Waals surface area (Å²) in [4.78, 5) is 26.0. The van der Waals surface area contributed by atoms with Crippen molar-refractivity contribution in [2.75, 3.05) is 0 Å². The second-order valence-corrected chi connectivity index (χ2v) is 5.86. The standard InChI is InChI=1S/C16H16N2O2/c1-10-6-13-14(7-10)16(20)18(15(13)19)9-12-4-2-11(8-17)3-5-12/h2-5,10,13-14H,6-7,9H2,1H3. The van der Waals surface area contributed by atoms with Crippen LogP contribution < -0.4 is 0 Å². The third-order valence-corrected chi connectivity index (χ3v) is 4.39. The quantitative estimate of drug-likeness (QED) is 0.772. The van der Waals surface area contributed by atoms with Gasteiger partial charge in [-0.2, -0.15) is 5.26 Å². The smallest absolute Gasteiger partial charge is 0.233 e. The summed E-state index contributed by atoms with van der Waals surface area (Å²) in [5.41, 5.74) is 1.47. The number of hydrogen-bond acceptors (Lipinski definition) is 3. The third kappa shape index (κ3) is 2.00. The van der Waals surface area contributed by atoms with E-state index in [2.05, 4.69) is 13.0 Å². The minimum Gasteiger partial charge on any atom is -0.278 e. The monoisotopic (exact) mass is 268 g/mol. The van der Waals surface area contributed by atoms with Gasteiger partial charge in [0.15, 0.2) is 0 Å². The number of carbonyl (C=O) groups excluding carboxylic acids is 2. The fraction of sp³-hybridized carbons (Fsp3) is 0.438. The van der Waals surface area contributed by atoms with Gasteiger partial charge in [0.25, 0.3) is 0 Å². The molecular weight excluding hydrogens is 252 g/mol. The Morgan fingerprint density at radius 1 is 1.15 bits per heavy atom. The number of nitrogens with zero attached hydrogens (tertiary/aromatic N) is 2. The van der Waals surface area contributed by atoms with E-state index in [0.717, 1.165) is 18.4 Å². The van der Waals surface area contributed by atoms with Crippen molar-refractivity contribution in [1.82, 2.24) is 4.90 Å². The first-order valence-electron chi connectivity index (χ1n) is 6.94. The van der Waals surface area contributed by atoms with E-state index >= 15 is 0 Å². The normalized spacial score (nSPS) is 28.6. The van der Waals surface area contributed by atoms with Gasteiger partial charge in [0, 0.05) is 0 Å². The van der Waals surface area contributed by atoms with Gasteiger partial charge in [-0.05, 0) is 36.5 Å². The first kappa shape index (κ1) is 12.9. The number of benzene rings is 1. The average molecular weight is 268 g/mol. The van der Waals surface area contributed by atoms with Crippen LogP contribution in [0.2, 0.25) is 0 Å². The zero-order valence-electron chi connectivity index (χ0n) is 11.4. The van der Waals surface area contributed by atoms with E-state index in [0.29, 0.717) is 18.0 Å². The van der Waals surface area contributed by atoms with Crippen molar-refractivity contribution in [3.63, 3.8) is 0 Å². The zero-order chi connectivity index (χ0) is 14.3. The summed E-state index contributed by atoms with van der Waals surface area (Å²) < 4.78 is 0. The molecule has 4 heteroatoms. The molecular formula is C16H16N2O2. The number of carbonyl (C=O) groups is 2. The molecule has 1 aliphatic heterocycles. The zero-order valence-corrected chi connectivity index (χ0v) is 11.4. The number of imide groups is 1. The summed E-state index contributed by atoms with van der Waals surface area (Å²) in [7, 11) is 0. The summed E-state index contributed by atoms with van der Waals surface area (Å²) in [6, 6.07) is 9.08. The fourth-order valence-electron chi connectivity index (χ4n) is 3.37. The molecule has 1 heterocycles. The molecule has 0 bridgehead atoms. The molecule has 1 aliphatic carbocycles. The van der Waals surface area contributed by atoms with Crippen LogP contribution in [0.1, 0.15) is 30.9 Å². The lowest BCUT2D eigenvalue weighted by Gasteiger charge is -2.16. The number of amides is 2. The SMILES string of the molecule is CC1CC2C(=O)N(Cc3ccc(C#N)cc3)C(=O)C2C1. The lowest BCUT2D eigenvalue weighted by Crippen LogP contribution is -2.31. The minimum absolute atomic E-state index is 0.0197. The average Bonchev–Trinajstić information content (AvgIpc) is 2.93. The van der Waals surface area contributed by atoms with Crippen LogP contribution in [0.3, 0.4) is 0 Å². The van der Waals surface area contributed by atoms with Crippen LogP contribution in [-0.2, 0) is 16.1 Å². The molecule has 2 amide bonds. The third-order valence-electron chi connectivity index (χ3n) is 4.39. The molecule has 0 aromatic heterocycles. The fourth-order valence-corrected chi connectivity index (χ4v) is 3.37. The van der Waals surface area contributed by atoms with Gasteiger partial charge in [-0.1, -0.05) is 19.1 Å². The molecule has 3 rings (SSSR count). The van der Waals surface area contributed by atoms with Gasteiger partial charge in [-0.15, -0.1) is 0 Å². The lowest BCUT2D eigenvalue weighted by atomic mass is 10.00. The summed E-state index contributed by atoms with van der Waals surface area (Å²) in [6.45, 7) is 2.43. The summed E-state index contributed by atoms with van der Waals surface area (Å²) in [5, 5.41) is 8.76. The van der Waals surface area contributed by atoms with E-state index in [1.807, 2.05) is 0 Å². The van der Waals surface area contributed by atoms with Crippen LogP contribution in [0.4, 0.5) is 0 Å². The van der Waals surface area contributed by atoms with Gasteiger partial charge >= 0.3 is 0 Å². The predicted octanol–water partition coefficient (Wildman–Crippen LogP) is 2.09. The second kappa shape index (κ2) is 4.75. The van der Waals surface area contributed by atoms with Gasteiger partial charge in [0.2, 0.25) is 11.8 Å². The maximum absolute atomic E-state index is 12.3. The Balaban J connectivity index is 1.77. The summed E-state index contributed by atoms with van der Waals surface area (Å²) in [6.07, 6.45) is 1.66. The number of nitriles is 1. The molecule has 1 aromatic rings. The van der Waals surface area contributed by atoms with Crippen molar-refractivity contribution >= 4 is 11.8 Å². The molecule has 2 atom stereocenters.